The van der Waals surface area contributed by atoms with Gasteiger partial charge >= 0.3 is 0 Å². The molecule has 21 heavy (non-hydrogen) atoms. The zero-order chi connectivity index (χ0) is 15.3. The van der Waals surface area contributed by atoms with Crippen molar-refractivity contribution in [2.24, 2.45) is 13.0 Å². The summed E-state index contributed by atoms with van der Waals surface area (Å²) in [6.07, 6.45) is 7.79. The molecule has 1 atom stereocenters. The summed E-state index contributed by atoms with van der Waals surface area (Å²) in [4.78, 5) is 0. The maximum Gasteiger partial charge on any atom is 0.0891 e. The van der Waals surface area contributed by atoms with Crippen molar-refractivity contribution in [3.63, 3.8) is 0 Å². The van der Waals surface area contributed by atoms with Gasteiger partial charge in [-0.05, 0) is 57.6 Å². The number of aromatic nitrogens is 2. The first-order valence-electron chi connectivity index (χ1n) is 8.48. The summed E-state index contributed by atoms with van der Waals surface area (Å²) in [5.41, 5.74) is 1.16. The Morgan fingerprint density at radius 3 is 2.67 bits per heavy atom. The van der Waals surface area contributed by atoms with E-state index < -0.39 is 0 Å². The summed E-state index contributed by atoms with van der Waals surface area (Å²) in [6, 6.07) is 2.36. The molecule has 1 aliphatic carbocycles. The topological polar surface area (TPSA) is 39.1 Å². The quantitative estimate of drug-likeness (QED) is 0.837. The molecule has 0 bridgehead atoms. The molecule has 0 aromatic carbocycles. The van der Waals surface area contributed by atoms with Gasteiger partial charge in [-0.15, -0.1) is 0 Å². The highest BCUT2D eigenvalue weighted by Gasteiger charge is 2.43. The molecule has 2 rings (SSSR count). The largest absolute Gasteiger partial charge is 0.373 e. The van der Waals surface area contributed by atoms with E-state index >= 15 is 0 Å². The molecule has 1 N–H and O–H groups in total. The van der Waals surface area contributed by atoms with Crippen LogP contribution in [-0.2, 0) is 11.8 Å². The molecule has 0 amide bonds. The number of nitrogens with zero attached hydrogens (tertiary/aromatic N) is 2. The molecule has 1 heterocycles. The number of rotatable bonds is 7. The zero-order valence-corrected chi connectivity index (χ0v) is 14.1. The van der Waals surface area contributed by atoms with E-state index in [1.54, 1.807) is 0 Å². The molecular weight excluding hydrogens is 262 g/mol. The van der Waals surface area contributed by atoms with Crippen molar-refractivity contribution >= 4 is 0 Å². The zero-order valence-electron chi connectivity index (χ0n) is 14.1. The number of hydrogen-bond donors (Lipinski definition) is 1. The van der Waals surface area contributed by atoms with Crippen LogP contribution in [0.3, 0.4) is 0 Å². The Morgan fingerprint density at radius 2 is 2.14 bits per heavy atom. The molecule has 0 radical (unpaired) electrons. The highest BCUT2D eigenvalue weighted by Crippen LogP contribution is 2.43. The monoisotopic (exact) mass is 293 g/mol. The van der Waals surface area contributed by atoms with Crippen LogP contribution in [-0.4, -0.2) is 28.5 Å². The van der Waals surface area contributed by atoms with Gasteiger partial charge in [-0.2, -0.15) is 5.10 Å². The van der Waals surface area contributed by atoms with Crippen LogP contribution in [0.25, 0.3) is 0 Å². The molecular formula is C17H31N3O. The number of nitrogens with one attached hydrogen (secondary N) is 1. The molecule has 0 spiro atoms. The van der Waals surface area contributed by atoms with Crippen LogP contribution >= 0.6 is 0 Å². The molecule has 1 unspecified atom stereocenters. The van der Waals surface area contributed by atoms with Crippen molar-refractivity contribution in [2.75, 3.05) is 13.2 Å². The van der Waals surface area contributed by atoms with Gasteiger partial charge in [0.1, 0.15) is 0 Å². The minimum absolute atomic E-state index is 0.0791. The smallest absolute Gasteiger partial charge is 0.0891 e. The van der Waals surface area contributed by atoms with E-state index in [0.29, 0.717) is 0 Å². The molecule has 1 fully saturated rings. The third-order valence-corrected chi connectivity index (χ3v) is 4.83. The molecule has 1 aromatic heterocycles. The van der Waals surface area contributed by atoms with Gasteiger partial charge in [-0.3, -0.25) is 4.68 Å². The third kappa shape index (κ3) is 3.67. The molecule has 1 saturated carbocycles. The molecule has 0 saturated heterocycles. The number of hydrogen-bond acceptors (Lipinski definition) is 3. The van der Waals surface area contributed by atoms with E-state index in [0.717, 1.165) is 38.3 Å². The lowest BCUT2D eigenvalue weighted by molar-refractivity contribution is -0.0990. The van der Waals surface area contributed by atoms with Gasteiger partial charge in [0.2, 0.25) is 0 Å². The fraction of sp³-hybridized carbons (Fsp3) is 0.824. The van der Waals surface area contributed by atoms with Gasteiger partial charge in [-0.1, -0.05) is 13.8 Å². The van der Waals surface area contributed by atoms with Gasteiger partial charge in [-0.25, -0.2) is 0 Å². The van der Waals surface area contributed by atoms with Crippen LogP contribution in [0, 0.1) is 5.92 Å². The van der Waals surface area contributed by atoms with Crippen molar-refractivity contribution in [1.82, 2.24) is 15.1 Å². The first-order chi connectivity index (χ1) is 10.1. The Bertz CT molecular complexity index is 421. The number of aryl methyl sites for hydroxylation is 1. The van der Waals surface area contributed by atoms with E-state index in [1.807, 2.05) is 17.9 Å². The van der Waals surface area contributed by atoms with Crippen molar-refractivity contribution < 1.29 is 4.74 Å². The lowest BCUT2D eigenvalue weighted by Gasteiger charge is -2.45. The Morgan fingerprint density at radius 1 is 1.43 bits per heavy atom. The third-order valence-electron chi connectivity index (χ3n) is 4.83. The Kier molecular flexibility index (Phi) is 5.82. The summed E-state index contributed by atoms with van der Waals surface area (Å²) in [6.45, 7) is 8.47. The van der Waals surface area contributed by atoms with E-state index in [2.05, 4.69) is 37.3 Å². The fourth-order valence-corrected chi connectivity index (χ4v) is 3.57. The predicted molar refractivity (Wildman–Crippen MR) is 86.2 cm³/mol. The first kappa shape index (κ1) is 16.5. The van der Waals surface area contributed by atoms with Gasteiger partial charge in [0.05, 0.1) is 17.3 Å². The van der Waals surface area contributed by atoms with E-state index in [-0.39, 0.29) is 11.6 Å². The van der Waals surface area contributed by atoms with Crippen LogP contribution in [0.5, 0.6) is 0 Å². The van der Waals surface area contributed by atoms with Crippen LogP contribution in [0.15, 0.2) is 12.3 Å². The molecule has 1 aliphatic rings. The summed E-state index contributed by atoms with van der Waals surface area (Å²) in [7, 11) is 2.03. The second-order valence-electron chi connectivity index (χ2n) is 6.45. The predicted octanol–water partition coefficient (Wildman–Crippen LogP) is 3.45. The second kappa shape index (κ2) is 7.41. The van der Waals surface area contributed by atoms with Gasteiger partial charge in [0, 0.05) is 19.9 Å². The Balaban J connectivity index is 2.29. The first-order valence-corrected chi connectivity index (χ1v) is 8.48. The van der Waals surface area contributed by atoms with Crippen molar-refractivity contribution in [3.8, 4) is 0 Å². The molecule has 1 aromatic rings. The highest BCUT2D eigenvalue weighted by atomic mass is 16.5. The molecule has 120 valence electrons. The van der Waals surface area contributed by atoms with Crippen LogP contribution in [0.2, 0.25) is 0 Å². The van der Waals surface area contributed by atoms with E-state index in [9.17, 15) is 0 Å². The van der Waals surface area contributed by atoms with Gasteiger partial charge in [0.15, 0.2) is 0 Å². The molecule has 0 aliphatic heterocycles. The van der Waals surface area contributed by atoms with Crippen molar-refractivity contribution in [3.05, 3.63) is 18.0 Å². The van der Waals surface area contributed by atoms with Gasteiger partial charge < -0.3 is 10.1 Å². The lowest BCUT2D eigenvalue weighted by atomic mass is 9.74. The highest BCUT2D eigenvalue weighted by molar-refractivity contribution is 5.14. The van der Waals surface area contributed by atoms with Gasteiger partial charge in [0.25, 0.3) is 0 Å². The standard InChI is InChI=1S/C17H31N3O/c1-5-12-18-16(15-9-13-19-20(15)4)17(21-6-2)10-7-14(3)8-11-17/h9,13-14,16,18H,5-8,10-12H2,1-4H3. The SMILES string of the molecule is CCCNC(c1ccnn1C)C1(OCC)CCC(C)CC1. The van der Waals surface area contributed by atoms with Crippen molar-refractivity contribution in [1.29, 1.82) is 0 Å². The fourth-order valence-electron chi connectivity index (χ4n) is 3.57. The van der Waals surface area contributed by atoms with Crippen LogP contribution in [0.4, 0.5) is 0 Å². The average Bonchev–Trinajstić information content (AvgIpc) is 2.89. The minimum Gasteiger partial charge on any atom is -0.373 e. The van der Waals surface area contributed by atoms with Crippen LogP contribution < -0.4 is 5.32 Å². The molecule has 4 nitrogen and oxygen atoms in total. The number of ether oxygens (including phenoxy) is 1. The Labute approximate surface area is 129 Å². The second-order valence-corrected chi connectivity index (χ2v) is 6.45. The Hall–Kier alpha value is -0.870. The average molecular weight is 293 g/mol. The molecule has 4 heteroatoms. The normalized spacial score (nSPS) is 27.7. The maximum absolute atomic E-state index is 6.35. The summed E-state index contributed by atoms with van der Waals surface area (Å²) in [5.74, 6) is 0.817. The summed E-state index contributed by atoms with van der Waals surface area (Å²) >= 11 is 0. The van der Waals surface area contributed by atoms with E-state index in [4.69, 9.17) is 4.74 Å². The summed E-state index contributed by atoms with van der Waals surface area (Å²) in [5, 5.41) is 8.10. The minimum atomic E-state index is -0.0791. The summed E-state index contributed by atoms with van der Waals surface area (Å²) < 4.78 is 8.35. The lowest BCUT2D eigenvalue weighted by Crippen LogP contribution is -2.49. The van der Waals surface area contributed by atoms with Crippen LogP contribution in [0.1, 0.15) is 64.6 Å². The van der Waals surface area contributed by atoms with Crippen molar-refractivity contribution in [2.45, 2.75) is 64.5 Å². The van der Waals surface area contributed by atoms with E-state index in [1.165, 1.54) is 18.5 Å². The maximum atomic E-state index is 6.35.